The molecule has 1 unspecified atom stereocenters. The molecule has 2 rings (SSSR count). The molecular weight excluding hydrogens is 266 g/mol. The van der Waals surface area contributed by atoms with Crippen LogP contribution in [0.15, 0.2) is 12.4 Å². The minimum atomic E-state index is -0.0283. The molecule has 2 aromatic heterocycles. The number of aromatic nitrogens is 5. The van der Waals surface area contributed by atoms with Crippen molar-refractivity contribution in [1.29, 1.82) is 0 Å². The van der Waals surface area contributed by atoms with E-state index in [-0.39, 0.29) is 12.1 Å². The van der Waals surface area contributed by atoms with E-state index in [2.05, 4.69) is 54.4 Å². The zero-order valence-corrected chi connectivity index (χ0v) is 13.2. The highest BCUT2D eigenvalue weighted by Crippen LogP contribution is 2.19. The van der Waals surface area contributed by atoms with E-state index >= 15 is 0 Å². The number of hydrogen-bond acceptors (Lipinski definition) is 5. The molecule has 1 atom stereocenters. The molecular formula is C14H25N7. The molecule has 2 heterocycles. The third-order valence-electron chi connectivity index (χ3n) is 3.60. The van der Waals surface area contributed by atoms with Gasteiger partial charge in [0.1, 0.15) is 12.2 Å². The fourth-order valence-electron chi connectivity index (χ4n) is 2.48. The topological polar surface area (TPSA) is 86.6 Å². The molecule has 0 saturated carbocycles. The molecule has 0 aliphatic heterocycles. The van der Waals surface area contributed by atoms with Gasteiger partial charge < -0.3 is 0 Å². The predicted octanol–water partition coefficient (Wildman–Crippen LogP) is 1.38. The van der Waals surface area contributed by atoms with Crippen LogP contribution in [0.2, 0.25) is 0 Å². The SMILES string of the molecule is CCc1cc(C(Cc2ncnn2C(C)C)NN)n(CC)n1. The van der Waals surface area contributed by atoms with Gasteiger partial charge >= 0.3 is 0 Å². The van der Waals surface area contributed by atoms with Crippen LogP contribution in [0.3, 0.4) is 0 Å². The van der Waals surface area contributed by atoms with Crippen LogP contribution in [-0.4, -0.2) is 24.5 Å². The first-order valence-electron chi connectivity index (χ1n) is 7.51. The molecule has 0 amide bonds. The van der Waals surface area contributed by atoms with Crippen molar-refractivity contribution in [2.24, 2.45) is 5.84 Å². The van der Waals surface area contributed by atoms with Crippen LogP contribution >= 0.6 is 0 Å². The van der Waals surface area contributed by atoms with Gasteiger partial charge in [-0.25, -0.2) is 9.67 Å². The monoisotopic (exact) mass is 291 g/mol. The van der Waals surface area contributed by atoms with Crippen LogP contribution in [0.1, 0.15) is 57.0 Å². The molecule has 0 aromatic carbocycles. The lowest BCUT2D eigenvalue weighted by molar-refractivity contribution is 0.447. The lowest BCUT2D eigenvalue weighted by atomic mass is 10.1. The van der Waals surface area contributed by atoms with Gasteiger partial charge in [0.05, 0.1) is 17.4 Å². The first-order chi connectivity index (χ1) is 10.1. The summed E-state index contributed by atoms with van der Waals surface area (Å²) in [6.07, 6.45) is 3.19. The third-order valence-corrected chi connectivity index (χ3v) is 3.60. The molecule has 0 saturated heterocycles. The lowest BCUT2D eigenvalue weighted by Crippen LogP contribution is -2.32. The standard InChI is InChI=1S/C14H25N7/c1-5-11-7-13(20(6-2)19-11)12(18-15)8-14-16-9-17-21(14)10(3)4/h7,9-10,12,18H,5-6,8,15H2,1-4H3. The molecule has 0 spiro atoms. The second kappa shape index (κ2) is 6.82. The molecule has 0 bridgehead atoms. The summed E-state index contributed by atoms with van der Waals surface area (Å²) in [5, 5.41) is 8.86. The minimum absolute atomic E-state index is 0.0283. The second-order valence-electron chi connectivity index (χ2n) is 5.37. The summed E-state index contributed by atoms with van der Waals surface area (Å²) < 4.78 is 3.93. The first kappa shape index (κ1) is 15.7. The second-order valence-corrected chi connectivity index (χ2v) is 5.37. The Balaban J connectivity index is 2.27. The quantitative estimate of drug-likeness (QED) is 0.594. The highest BCUT2D eigenvalue weighted by Gasteiger charge is 2.20. The Morgan fingerprint density at radius 2 is 2.10 bits per heavy atom. The number of aryl methyl sites for hydroxylation is 2. The third kappa shape index (κ3) is 3.30. The van der Waals surface area contributed by atoms with Gasteiger partial charge in [-0.1, -0.05) is 6.92 Å². The van der Waals surface area contributed by atoms with E-state index in [1.165, 1.54) is 0 Å². The van der Waals surface area contributed by atoms with Gasteiger partial charge in [0.15, 0.2) is 0 Å². The molecule has 3 N–H and O–H groups in total. The average Bonchev–Trinajstić information content (AvgIpc) is 3.10. The summed E-state index contributed by atoms with van der Waals surface area (Å²) in [4.78, 5) is 4.36. The number of hydrogen-bond donors (Lipinski definition) is 2. The van der Waals surface area contributed by atoms with Gasteiger partial charge in [-0.2, -0.15) is 10.2 Å². The molecule has 7 nitrogen and oxygen atoms in total. The maximum Gasteiger partial charge on any atom is 0.138 e. The van der Waals surface area contributed by atoms with Crippen molar-refractivity contribution in [1.82, 2.24) is 30.0 Å². The fourth-order valence-corrected chi connectivity index (χ4v) is 2.48. The van der Waals surface area contributed by atoms with Gasteiger partial charge in [-0.3, -0.25) is 16.0 Å². The predicted molar refractivity (Wildman–Crippen MR) is 81.5 cm³/mol. The summed E-state index contributed by atoms with van der Waals surface area (Å²) in [7, 11) is 0. The van der Waals surface area contributed by atoms with Crippen molar-refractivity contribution >= 4 is 0 Å². The number of hydrazine groups is 1. The van der Waals surface area contributed by atoms with Gasteiger partial charge in [0, 0.05) is 19.0 Å². The van der Waals surface area contributed by atoms with Crippen LogP contribution in [0.5, 0.6) is 0 Å². The van der Waals surface area contributed by atoms with E-state index in [0.717, 1.165) is 30.2 Å². The number of nitrogens with one attached hydrogen (secondary N) is 1. The number of rotatable bonds is 7. The van der Waals surface area contributed by atoms with Crippen LogP contribution in [0, 0.1) is 0 Å². The Kier molecular flexibility index (Phi) is 5.08. The molecule has 21 heavy (non-hydrogen) atoms. The Morgan fingerprint density at radius 1 is 1.33 bits per heavy atom. The average molecular weight is 291 g/mol. The first-order valence-corrected chi connectivity index (χ1v) is 7.51. The highest BCUT2D eigenvalue weighted by molar-refractivity contribution is 5.16. The Labute approximate surface area is 125 Å². The molecule has 0 aliphatic carbocycles. The van der Waals surface area contributed by atoms with Crippen molar-refractivity contribution in [3.63, 3.8) is 0 Å². The van der Waals surface area contributed by atoms with E-state index in [1.54, 1.807) is 6.33 Å². The smallest absolute Gasteiger partial charge is 0.138 e. The van der Waals surface area contributed by atoms with E-state index in [4.69, 9.17) is 5.84 Å². The van der Waals surface area contributed by atoms with Crippen molar-refractivity contribution < 1.29 is 0 Å². The van der Waals surface area contributed by atoms with E-state index in [9.17, 15) is 0 Å². The molecule has 116 valence electrons. The Morgan fingerprint density at radius 3 is 2.67 bits per heavy atom. The van der Waals surface area contributed by atoms with Crippen molar-refractivity contribution in [3.05, 3.63) is 29.6 Å². The maximum atomic E-state index is 5.77. The van der Waals surface area contributed by atoms with Crippen LogP contribution in [0.4, 0.5) is 0 Å². The van der Waals surface area contributed by atoms with E-state index in [1.807, 2.05) is 9.36 Å². The minimum Gasteiger partial charge on any atom is -0.271 e. The highest BCUT2D eigenvalue weighted by atomic mass is 15.4. The van der Waals surface area contributed by atoms with E-state index in [0.29, 0.717) is 6.42 Å². The largest absolute Gasteiger partial charge is 0.271 e. The number of nitrogens with two attached hydrogens (primary N) is 1. The van der Waals surface area contributed by atoms with Crippen molar-refractivity contribution in [3.8, 4) is 0 Å². The molecule has 2 aromatic rings. The van der Waals surface area contributed by atoms with Crippen LogP contribution in [-0.2, 0) is 19.4 Å². The summed E-state index contributed by atoms with van der Waals surface area (Å²) in [6, 6.07) is 2.37. The van der Waals surface area contributed by atoms with Gasteiger partial charge in [0.25, 0.3) is 0 Å². The maximum absolute atomic E-state index is 5.77. The Bertz CT molecular complexity index is 570. The fraction of sp³-hybridized carbons (Fsp3) is 0.643. The van der Waals surface area contributed by atoms with Crippen LogP contribution < -0.4 is 11.3 Å². The van der Waals surface area contributed by atoms with Crippen molar-refractivity contribution in [2.45, 2.75) is 59.2 Å². The summed E-state index contributed by atoms with van der Waals surface area (Å²) in [5.41, 5.74) is 5.07. The molecule has 0 aliphatic rings. The lowest BCUT2D eigenvalue weighted by Gasteiger charge is -2.18. The summed E-state index contributed by atoms with van der Waals surface area (Å²) in [5.74, 6) is 6.70. The molecule has 7 heteroatoms. The molecule has 0 radical (unpaired) electrons. The zero-order valence-electron chi connectivity index (χ0n) is 13.2. The van der Waals surface area contributed by atoms with Gasteiger partial charge in [-0.15, -0.1) is 0 Å². The molecule has 0 fully saturated rings. The number of nitrogens with zero attached hydrogens (tertiary/aromatic N) is 5. The van der Waals surface area contributed by atoms with Crippen LogP contribution in [0.25, 0.3) is 0 Å². The normalized spacial score (nSPS) is 13.0. The van der Waals surface area contributed by atoms with Gasteiger partial charge in [0.2, 0.25) is 0 Å². The summed E-state index contributed by atoms with van der Waals surface area (Å²) in [6.45, 7) is 9.19. The summed E-state index contributed by atoms with van der Waals surface area (Å²) >= 11 is 0. The Hall–Kier alpha value is -1.73. The zero-order chi connectivity index (χ0) is 15.4. The van der Waals surface area contributed by atoms with E-state index < -0.39 is 0 Å². The van der Waals surface area contributed by atoms with Gasteiger partial charge in [-0.05, 0) is 33.3 Å². The van der Waals surface area contributed by atoms with Crippen molar-refractivity contribution in [2.75, 3.05) is 0 Å².